The number of hydrogen-bond donors (Lipinski definition) is 1. The summed E-state index contributed by atoms with van der Waals surface area (Å²) in [6.45, 7) is 1.38. The average Bonchev–Trinajstić information content (AvgIpc) is 3.36. The van der Waals surface area contributed by atoms with Crippen molar-refractivity contribution < 1.29 is 13.2 Å². The van der Waals surface area contributed by atoms with Crippen molar-refractivity contribution in [2.75, 3.05) is 19.6 Å². The number of nitrogens with zero attached hydrogens (tertiary/aromatic N) is 6. The average molecular weight is 458 g/mol. The van der Waals surface area contributed by atoms with E-state index in [0.717, 1.165) is 19.3 Å². The summed E-state index contributed by atoms with van der Waals surface area (Å²) >= 11 is 0. The van der Waals surface area contributed by atoms with Gasteiger partial charge in [0.1, 0.15) is 12.7 Å². The summed E-state index contributed by atoms with van der Waals surface area (Å²) in [6.07, 6.45) is 5.59. The van der Waals surface area contributed by atoms with Crippen molar-refractivity contribution in [2.45, 2.75) is 30.7 Å². The van der Waals surface area contributed by atoms with Gasteiger partial charge in [-0.1, -0.05) is 6.42 Å². The highest BCUT2D eigenvalue weighted by molar-refractivity contribution is 7.89. The van der Waals surface area contributed by atoms with Crippen LogP contribution in [0.1, 0.15) is 29.6 Å². The van der Waals surface area contributed by atoms with Crippen LogP contribution in [0.4, 0.5) is 0 Å². The van der Waals surface area contributed by atoms with Crippen LogP contribution in [0, 0.1) is 0 Å². The normalized spacial score (nSPS) is 14.9. The van der Waals surface area contributed by atoms with Crippen LogP contribution in [-0.2, 0) is 16.6 Å². The first-order valence-corrected chi connectivity index (χ1v) is 11.7. The molecule has 4 rings (SSSR count). The van der Waals surface area contributed by atoms with E-state index < -0.39 is 10.0 Å². The number of nitrogens with one attached hydrogen (secondary N) is 1. The summed E-state index contributed by atoms with van der Waals surface area (Å²) < 4.78 is 29.6. The second-order valence-electron chi connectivity index (χ2n) is 7.34. The van der Waals surface area contributed by atoms with Gasteiger partial charge in [-0.2, -0.15) is 9.40 Å². The molecule has 1 fully saturated rings. The molecule has 0 bridgehead atoms. The summed E-state index contributed by atoms with van der Waals surface area (Å²) in [4.78, 5) is 28.5. The van der Waals surface area contributed by atoms with E-state index in [2.05, 4.69) is 20.5 Å². The molecule has 3 aromatic rings. The Morgan fingerprint density at radius 2 is 1.78 bits per heavy atom. The Hall–Kier alpha value is -3.38. The third kappa shape index (κ3) is 4.75. The summed E-state index contributed by atoms with van der Waals surface area (Å²) in [5.41, 5.74) is 0.0228. The Morgan fingerprint density at radius 3 is 2.47 bits per heavy atom. The van der Waals surface area contributed by atoms with Gasteiger partial charge in [-0.15, -0.1) is 5.10 Å². The predicted octanol–water partition coefficient (Wildman–Crippen LogP) is 0.429. The van der Waals surface area contributed by atoms with Gasteiger partial charge in [-0.3, -0.25) is 9.59 Å². The molecule has 1 aromatic carbocycles. The number of carbonyl (C=O) groups excluding carboxylic acids is 1. The maximum absolute atomic E-state index is 12.7. The smallest absolute Gasteiger partial charge is 0.266 e. The molecule has 32 heavy (non-hydrogen) atoms. The Labute approximate surface area is 184 Å². The maximum Gasteiger partial charge on any atom is 0.266 e. The van der Waals surface area contributed by atoms with Gasteiger partial charge in [0.15, 0.2) is 5.82 Å². The number of benzene rings is 1. The standard InChI is InChI=1S/C20H23N7O4S/c28-19-9-8-18(27-15-21-14-23-27)24-26(19)13-10-22-20(29)16-4-6-17(7-5-16)32(30,31)25-11-2-1-3-12-25/h4-9,14-15H,1-3,10-13H2,(H,22,29). The molecule has 0 unspecified atom stereocenters. The minimum atomic E-state index is -3.54. The monoisotopic (exact) mass is 457 g/mol. The summed E-state index contributed by atoms with van der Waals surface area (Å²) in [5.74, 6) is 0.0614. The zero-order valence-electron chi connectivity index (χ0n) is 17.3. The number of aromatic nitrogens is 5. The molecule has 0 spiro atoms. The van der Waals surface area contributed by atoms with Gasteiger partial charge >= 0.3 is 0 Å². The highest BCUT2D eigenvalue weighted by Crippen LogP contribution is 2.20. The highest BCUT2D eigenvalue weighted by atomic mass is 32.2. The largest absolute Gasteiger partial charge is 0.350 e. The van der Waals surface area contributed by atoms with Crippen LogP contribution in [-0.4, -0.2) is 62.8 Å². The minimum absolute atomic E-state index is 0.161. The molecule has 3 heterocycles. The lowest BCUT2D eigenvalue weighted by molar-refractivity contribution is 0.0951. The number of piperidine rings is 1. The van der Waals surface area contributed by atoms with Crippen LogP contribution >= 0.6 is 0 Å². The molecule has 1 aliphatic heterocycles. The topological polar surface area (TPSA) is 132 Å². The first-order chi connectivity index (χ1) is 15.4. The van der Waals surface area contributed by atoms with Gasteiger partial charge in [0, 0.05) is 31.3 Å². The first kappa shape index (κ1) is 21.8. The Balaban J connectivity index is 1.37. The lowest BCUT2D eigenvalue weighted by Crippen LogP contribution is -2.35. The molecule has 2 aromatic heterocycles. The van der Waals surface area contributed by atoms with E-state index in [1.165, 1.54) is 62.7 Å². The van der Waals surface area contributed by atoms with E-state index in [4.69, 9.17) is 0 Å². The third-order valence-corrected chi connectivity index (χ3v) is 7.10. The number of amides is 1. The van der Waals surface area contributed by atoms with Gasteiger partial charge < -0.3 is 5.32 Å². The molecule has 1 saturated heterocycles. The SMILES string of the molecule is O=C(NCCn1nc(-n2cncn2)ccc1=O)c1ccc(S(=O)(=O)N2CCCCC2)cc1. The van der Waals surface area contributed by atoms with Crippen molar-refractivity contribution in [2.24, 2.45) is 0 Å². The van der Waals surface area contributed by atoms with Crippen LogP contribution in [0.25, 0.3) is 5.82 Å². The fourth-order valence-corrected chi connectivity index (χ4v) is 4.97. The molecule has 1 N–H and O–H groups in total. The van der Waals surface area contributed by atoms with Crippen molar-refractivity contribution >= 4 is 15.9 Å². The Bertz CT molecular complexity index is 1230. The van der Waals surface area contributed by atoms with Crippen LogP contribution in [0.3, 0.4) is 0 Å². The van der Waals surface area contributed by atoms with Crippen LogP contribution < -0.4 is 10.9 Å². The van der Waals surface area contributed by atoms with Crippen molar-refractivity contribution in [1.82, 2.24) is 34.2 Å². The van der Waals surface area contributed by atoms with E-state index in [9.17, 15) is 18.0 Å². The fourth-order valence-electron chi connectivity index (χ4n) is 3.46. The zero-order valence-corrected chi connectivity index (χ0v) is 18.1. The first-order valence-electron chi connectivity index (χ1n) is 10.3. The Kier molecular flexibility index (Phi) is 6.42. The summed E-state index contributed by atoms with van der Waals surface area (Å²) in [5, 5.41) is 10.9. The van der Waals surface area contributed by atoms with Crippen molar-refractivity contribution in [3.63, 3.8) is 0 Å². The molecular formula is C20H23N7O4S. The van der Waals surface area contributed by atoms with Crippen LogP contribution in [0.15, 0.2) is 58.7 Å². The second kappa shape index (κ2) is 9.40. The van der Waals surface area contributed by atoms with E-state index in [1.54, 1.807) is 0 Å². The van der Waals surface area contributed by atoms with E-state index in [1.807, 2.05) is 0 Å². The summed E-state index contributed by atoms with van der Waals surface area (Å²) in [7, 11) is -3.54. The van der Waals surface area contributed by atoms with E-state index >= 15 is 0 Å². The van der Waals surface area contributed by atoms with Gasteiger partial charge in [-0.25, -0.2) is 22.8 Å². The van der Waals surface area contributed by atoms with Gasteiger partial charge in [0.2, 0.25) is 10.0 Å². The fraction of sp³-hybridized carbons (Fsp3) is 0.350. The van der Waals surface area contributed by atoms with Gasteiger partial charge in [-0.05, 0) is 43.2 Å². The third-order valence-electron chi connectivity index (χ3n) is 5.18. The zero-order chi connectivity index (χ0) is 22.6. The number of carbonyl (C=O) groups is 1. The molecule has 168 valence electrons. The molecular weight excluding hydrogens is 434 g/mol. The molecule has 0 atom stereocenters. The molecule has 1 aliphatic rings. The molecule has 12 heteroatoms. The van der Waals surface area contributed by atoms with Crippen molar-refractivity contribution in [1.29, 1.82) is 0 Å². The number of rotatable bonds is 7. The van der Waals surface area contributed by atoms with Crippen LogP contribution in [0.5, 0.6) is 0 Å². The quantitative estimate of drug-likeness (QED) is 0.544. The Morgan fingerprint density at radius 1 is 1.03 bits per heavy atom. The predicted molar refractivity (Wildman–Crippen MR) is 115 cm³/mol. The van der Waals surface area contributed by atoms with Crippen molar-refractivity contribution in [3.05, 3.63) is 65.0 Å². The lowest BCUT2D eigenvalue weighted by atomic mass is 10.2. The molecule has 0 radical (unpaired) electrons. The highest BCUT2D eigenvalue weighted by Gasteiger charge is 2.25. The lowest BCUT2D eigenvalue weighted by Gasteiger charge is -2.25. The molecule has 1 amide bonds. The molecule has 0 saturated carbocycles. The number of hydrogen-bond acceptors (Lipinski definition) is 7. The molecule has 0 aliphatic carbocycles. The maximum atomic E-state index is 12.7. The van der Waals surface area contributed by atoms with Gasteiger partial charge in [0.25, 0.3) is 11.5 Å². The van der Waals surface area contributed by atoms with Crippen LogP contribution in [0.2, 0.25) is 0 Å². The molecule has 11 nitrogen and oxygen atoms in total. The van der Waals surface area contributed by atoms with Gasteiger partial charge in [0.05, 0.1) is 11.4 Å². The van der Waals surface area contributed by atoms with Crippen molar-refractivity contribution in [3.8, 4) is 5.82 Å². The summed E-state index contributed by atoms with van der Waals surface area (Å²) in [6, 6.07) is 8.78. The van der Waals surface area contributed by atoms with E-state index in [0.29, 0.717) is 24.5 Å². The van der Waals surface area contributed by atoms with E-state index in [-0.39, 0.29) is 29.5 Å². The number of sulfonamides is 1. The second-order valence-corrected chi connectivity index (χ2v) is 9.28. The minimum Gasteiger partial charge on any atom is -0.350 e.